The lowest BCUT2D eigenvalue weighted by molar-refractivity contribution is -0.0752. The maximum absolute atomic E-state index is 12.8. The number of nitrogens with zero attached hydrogens (tertiary/aromatic N) is 1. The van der Waals surface area contributed by atoms with E-state index in [-0.39, 0.29) is 18.1 Å². The van der Waals surface area contributed by atoms with Crippen molar-refractivity contribution < 1.29 is 9.53 Å². The zero-order valence-corrected chi connectivity index (χ0v) is 12.0. The van der Waals surface area contributed by atoms with Crippen LogP contribution in [0.2, 0.25) is 0 Å². The standard InChI is InChI=1S/C16H22N2O2/c1-11-6-7-13(17)12(10-11)16(19)18-8-9-20-15-5-3-2-4-14(15)18/h6-7,10,14-15H,2-5,8-9,17H2,1H3. The SMILES string of the molecule is Cc1ccc(N)c(C(=O)N2CCOC3CCCCC32)c1. The van der Waals surface area contributed by atoms with Gasteiger partial charge in [-0.05, 0) is 31.9 Å². The molecule has 3 rings (SSSR count). The van der Waals surface area contributed by atoms with Crippen molar-refractivity contribution in [2.45, 2.75) is 44.8 Å². The van der Waals surface area contributed by atoms with E-state index in [1.54, 1.807) is 0 Å². The Morgan fingerprint density at radius 2 is 2.15 bits per heavy atom. The van der Waals surface area contributed by atoms with E-state index in [1.165, 1.54) is 12.8 Å². The lowest BCUT2D eigenvalue weighted by atomic mass is 9.89. The molecular weight excluding hydrogens is 252 g/mol. The zero-order chi connectivity index (χ0) is 14.1. The summed E-state index contributed by atoms with van der Waals surface area (Å²) in [5.74, 6) is 0.0615. The number of fused-ring (bicyclic) bond motifs is 1. The largest absolute Gasteiger partial charge is 0.398 e. The Morgan fingerprint density at radius 3 is 3.00 bits per heavy atom. The maximum Gasteiger partial charge on any atom is 0.256 e. The Bertz CT molecular complexity index is 513. The molecule has 0 spiro atoms. The van der Waals surface area contributed by atoms with Gasteiger partial charge < -0.3 is 15.4 Å². The molecule has 4 heteroatoms. The third-order valence-electron chi connectivity index (χ3n) is 4.43. The van der Waals surface area contributed by atoms with Gasteiger partial charge in [0.2, 0.25) is 0 Å². The summed E-state index contributed by atoms with van der Waals surface area (Å²) in [4.78, 5) is 14.8. The Labute approximate surface area is 119 Å². The second-order valence-electron chi connectivity index (χ2n) is 5.85. The first-order chi connectivity index (χ1) is 9.66. The second kappa shape index (κ2) is 5.44. The van der Waals surface area contributed by atoms with Crippen molar-refractivity contribution in [2.24, 2.45) is 0 Å². The molecule has 2 unspecified atom stereocenters. The Morgan fingerprint density at radius 1 is 1.35 bits per heavy atom. The predicted molar refractivity (Wildman–Crippen MR) is 78.6 cm³/mol. The minimum Gasteiger partial charge on any atom is -0.398 e. The van der Waals surface area contributed by atoms with E-state index in [0.29, 0.717) is 24.4 Å². The van der Waals surface area contributed by atoms with Gasteiger partial charge in [-0.15, -0.1) is 0 Å². The van der Waals surface area contributed by atoms with Gasteiger partial charge in [-0.25, -0.2) is 0 Å². The molecule has 4 nitrogen and oxygen atoms in total. The van der Waals surface area contributed by atoms with Crippen LogP contribution in [0.1, 0.15) is 41.6 Å². The fourth-order valence-corrected chi connectivity index (χ4v) is 3.36. The number of amides is 1. The number of ether oxygens (including phenoxy) is 1. The summed E-state index contributed by atoms with van der Waals surface area (Å²) in [7, 11) is 0. The monoisotopic (exact) mass is 274 g/mol. The summed E-state index contributed by atoms with van der Waals surface area (Å²) in [5, 5.41) is 0. The number of anilines is 1. The first-order valence-corrected chi connectivity index (χ1v) is 7.45. The quantitative estimate of drug-likeness (QED) is 0.800. The number of nitrogen functional groups attached to an aromatic ring is 1. The molecule has 2 atom stereocenters. The highest BCUT2D eigenvalue weighted by molar-refractivity contribution is 5.99. The molecule has 1 saturated heterocycles. The van der Waals surface area contributed by atoms with E-state index >= 15 is 0 Å². The molecule has 108 valence electrons. The van der Waals surface area contributed by atoms with Crippen LogP contribution in [0.3, 0.4) is 0 Å². The smallest absolute Gasteiger partial charge is 0.256 e. The van der Waals surface area contributed by atoms with Crippen LogP contribution >= 0.6 is 0 Å². The van der Waals surface area contributed by atoms with Crippen LogP contribution in [0.15, 0.2) is 18.2 Å². The molecule has 1 saturated carbocycles. The molecular formula is C16H22N2O2. The molecule has 2 N–H and O–H groups in total. The molecule has 1 amide bonds. The minimum atomic E-state index is 0.0615. The van der Waals surface area contributed by atoms with Crippen LogP contribution in [0.25, 0.3) is 0 Å². The third kappa shape index (κ3) is 2.40. The van der Waals surface area contributed by atoms with Crippen LogP contribution in [-0.2, 0) is 4.74 Å². The lowest BCUT2D eigenvalue weighted by Crippen LogP contribution is -2.54. The van der Waals surface area contributed by atoms with Gasteiger partial charge in [-0.2, -0.15) is 0 Å². The molecule has 2 fully saturated rings. The number of rotatable bonds is 1. The van der Waals surface area contributed by atoms with Crippen molar-refractivity contribution in [3.63, 3.8) is 0 Å². The second-order valence-corrected chi connectivity index (χ2v) is 5.85. The Hall–Kier alpha value is -1.55. The van der Waals surface area contributed by atoms with Crippen LogP contribution in [-0.4, -0.2) is 36.1 Å². The fraction of sp³-hybridized carbons (Fsp3) is 0.562. The average Bonchev–Trinajstić information content (AvgIpc) is 2.48. The van der Waals surface area contributed by atoms with Crippen molar-refractivity contribution in [2.75, 3.05) is 18.9 Å². The number of nitrogens with two attached hydrogens (primary N) is 1. The van der Waals surface area contributed by atoms with Gasteiger partial charge in [-0.1, -0.05) is 24.5 Å². The number of carbonyl (C=O) groups is 1. The normalized spacial score (nSPS) is 26.1. The summed E-state index contributed by atoms with van der Waals surface area (Å²) in [6, 6.07) is 5.88. The summed E-state index contributed by atoms with van der Waals surface area (Å²) >= 11 is 0. The summed E-state index contributed by atoms with van der Waals surface area (Å²) in [5.41, 5.74) is 8.26. The van der Waals surface area contributed by atoms with E-state index in [0.717, 1.165) is 18.4 Å². The highest BCUT2D eigenvalue weighted by atomic mass is 16.5. The van der Waals surface area contributed by atoms with E-state index in [2.05, 4.69) is 0 Å². The number of carbonyl (C=O) groups excluding carboxylic acids is 1. The van der Waals surface area contributed by atoms with E-state index in [4.69, 9.17) is 10.5 Å². The Kier molecular flexibility index (Phi) is 3.66. The summed E-state index contributed by atoms with van der Waals surface area (Å²) < 4.78 is 5.83. The number of hydrogen-bond acceptors (Lipinski definition) is 3. The van der Waals surface area contributed by atoms with Crippen LogP contribution in [0.4, 0.5) is 5.69 Å². The topological polar surface area (TPSA) is 55.6 Å². The van der Waals surface area contributed by atoms with Crippen LogP contribution in [0, 0.1) is 6.92 Å². The summed E-state index contributed by atoms with van der Waals surface area (Å²) in [6.45, 7) is 3.30. The molecule has 0 bridgehead atoms. The highest BCUT2D eigenvalue weighted by Gasteiger charge is 2.37. The molecule has 1 aliphatic carbocycles. The van der Waals surface area contributed by atoms with Gasteiger partial charge in [0.25, 0.3) is 5.91 Å². The predicted octanol–water partition coefficient (Wildman–Crippen LogP) is 2.36. The molecule has 0 aromatic heterocycles. The minimum absolute atomic E-state index is 0.0615. The first-order valence-electron chi connectivity index (χ1n) is 7.45. The number of hydrogen-bond donors (Lipinski definition) is 1. The van der Waals surface area contributed by atoms with E-state index in [1.807, 2.05) is 30.0 Å². The molecule has 1 heterocycles. The van der Waals surface area contributed by atoms with Crippen LogP contribution < -0.4 is 5.73 Å². The highest BCUT2D eigenvalue weighted by Crippen LogP contribution is 2.30. The van der Waals surface area contributed by atoms with E-state index in [9.17, 15) is 4.79 Å². The molecule has 0 radical (unpaired) electrons. The van der Waals surface area contributed by atoms with Crippen LogP contribution in [0.5, 0.6) is 0 Å². The molecule has 1 aromatic carbocycles. The van der Waals surface area contributed by atoms with Crippen molar-refractivity contribution in [1.82, 2.24) is 4.90 Å². The number of benzene rings is 1. The maximum atomic E-state index is 12.8. The van der Waals surface area contributed by atoms with Crippen molar-refractivity contribution in [3.05, 3.63) is 29.3 Å². The van der Waals surface area contributed by atoms with E-state index < -0.39 is 0 Å². The van der Waals surface area contributed by atoms with Gasteiger partial charge in [0.15, 0.2) is 0 Å². The van der Waals surface area contributed by atoms with Gasteiger partial charge >= 0.3 is 0 Å². The fourth-order valence-electron chi connectivity index (χ4n) is 3.36. The van der Waals surface area contributed by atoms with Crippen molar-refractivity contribution in [3.8, 4) is 0 Å². The molecule has 20 heavy (non-hydrogen) atoms. The van der Waals surface area contributed by atoms with Gasteiger partial charge in [0.05, 0.1) is 24.3 Å². The third-order valence-corrected chi connectivity index (χ3v) is 4.43. The molecule has 2 aliphatic rings. The zero-order valence-electron chi connectivity index (χ0n) is 12.0. The van der Waals surface area contributed by atoms with Gasteiger partial charge in [0.1, 0.15) is 0 Å². The first kappa shape index (κ1) is 13.4. The molecule has 1 aliphatic heterocycles. The van der Waals surface area contributed by atoms with Crippen molar-refractivity contribution >= 4 is 11.6 Å². The molecule has 1 aromatic rings. The number of morpholine rings is 1. The van der Waals surface area contributed by atoms with Gasteiger partial charge in [0, 0.05) is 12.2 Å². The van der Waals surface area contributed by atoms with Crippen molar-refractivity contribution in [1.29, 1.82) is 0 Å². The average molecular weight is 274 g/mol. The van der Waals surface area contributed by atoms with Gasteiger partial charge in [-0.3, -0.25) is 4.79 Å². The lowest BCUT2D eigenvalue weighted by Gasteiger charge is -2.43. The summed E-state index contributed by atoms with van der Waals surface area (Å²) in [6.07, 6.45) is 4.71. The number of aryl methyl sites for hydroxylation is 1. The Balaban J connectivity index is 1.87.